The number of hydrogen-bond acceptors (Lipinski definition) is 4. The van der Waals surface area contributed by atoms with Gasteiger partial charge in [0.05, 0.1) is 29.1 Å². The highest BCUT2D eigenvalue weighted by atomic mass is 16.3. The van der Waals surface area contributed by atoms with Gasteiger partial charge in [-0.05, 0) is 32.8 Å². The van der Waals surface area contributed by atoms with Gasteiger partial charge < -0.3 is 10.4 Å². The first-order valence-electron chi connectivity index (χ1n) is 6.38. The molecule has 0 spiro atoms. The highest BCUT2D eigenvalue weighted by molar-refractivity contribution is 5.95. The Morgan fingerprint density at radius 3 is 2.78 bits per heavy atom. The van der Waals surface area contributed by atoms with Crippen LogP contribution in [0.2, 0.25) is 0 Å². The van der Waals surface area contributed by atoms with Gasteiger partial charge in [0.15, 0.2) is 0 Å². The molecular formula is C13H19N3O2. The van der Waals surface area contributed by atoms with E-state index in [0.29, 0.717) is 11.3 Å². The van der Waals surface area contributed by atoms with Crippen LogP contribution in [0.1, 0.15) is 47.4 Å². The molecule has 1 aromatic rings. The molecule has 18 heavy (non-hydrogen) atoms. The minimum absolute atomic E-state index is 0.140. The van der Waals surface area contributed by atoms with Crippen molar-refractivity contribution in [2.75, 3.05) is 0 Å². The summed E-state index contributed by atoms with van der Waals surface area (Å²) in [4.78, 5) is 12.1. The number of aryl methyl sites for hydroxylation is 2. The number of aromatic nitrogens is 2. The Bertz CT molecular complexity index is 448. The highest BCUT2D eigenvalue weighted by Crippen LogP contribution is 2.19. The molecule has 5 heteroatoms. The summed E-state index contributed by atoms with van der Waals surface area (Å²) in [6.45, 7) is 3.57. The summed E-state index contributed by atoms with van der Waals surface area (Å²) in [5, 5.41) is 20.6. The zero-order valence-corrected chi connectivity index (χ0v) is 10.8. The summed E-state index contributed by atoms with van der Waals surface area (Å²) < 4.78 is 0. The predicted molar refractivity (Wildman–Crippen MR) is 67.2 cm³/mol. The molecule has 0 saturated heterocycles. The molecule has 98 valence electrons. The second kappa shape index (κ2) is 5.44. The zero-order chi connectivity index (χ0) is 13.1. The summed E-state index contributed by atoms with van der Waals surface area (Å²) in [7, 11) is 0. The van der Waals surface area contributed by atoms with Gasteiger partial charge >= 0.3 is 0 Å². The van der Waals surface area contributed by atoms with Crippen molar-refractivity contribution in [3.05, 3.63) is 23.0 Å². The SMILES string of the molecule is Cc1cc(C(=O)N[C@H]2CCCC[C@@H]2O)c(C)nn1. The van der Waals surface area contributed by atoms with E-state index >= 15 is 0 Å². The molecule has 1 fully saturated rings. The van der Waals surface area contributed by atoms with Gasteiger partial charge in [-0.25, -0.2) is 0 Å². The average molecular weight is 249 g/mol. The Morgan fingerprint density at radius 2 is 2.06 bits per heavy atom. The number of nitrogens with zero attached hydrogens (tertiary/aromatic N) is 2. The molecule has 1 aromatic heterocycles. The van der Waals surface area contributed by atoms with Crippen LogP contribution in [0, 0.1) is 13.8 Å². The first-order chi connectivity index (χ1) is 8.58. The van der Waals surface area contributed by atoms with Gasteiger partial charge in [0.2, 0.25) is 0 Å². The van der Waals surface area contributed by atoms with Crippen molar-refractivity contribution in [1.29, 1.82) is 0 Å². The van der Waals surface area contributed by atoms with Crippen molar-refractivity contribution in [3.8, 4) is 0 Å². The fraction of sp³-hybridized carbons (Fsp3) is 0.615. The third kappa shape index (κ3) is 2.85. The van der Waals surface area contributed by atoms with Gasteiger partial charge in [0.1, 0.15) is 0 Å². The molecule has 5 nitrogen and oxygen atoms in total. The van der Waals surface area contributed by atoms with Crippen LogP contribution in [0.5, 0.6) is 0 Å². The van der Waals surface area contributed by atoms with Crippen LogP contribution >= 0.6 is 0 Å². The molecule has 0 radical (unpaired) electrons. The number of aliphatic hydroxyl groups excluding tert-OH is 1. The zero-order valence-electron chi connectivity index (χ0n) is 10.8. The van der Waals surface area contributed by atoms with E-state index < -0.39 is 6.10 Å². The Hall–Kier alpha value is -1.49. The van der Waals surface area contributed by atoms with Crippen LogP contribution in [0.4, 0.5) is 0 Å². The quantitative estimate of drug-likeness (QED) is 0.823. The number of nitrogens with one attached hydrogen (secondary N) is 1. The van der Waals surface area contributed by atoms with E-state index in [4.69, 9.17) is 0 Å². The van der Waals surface area contributed by atoms with Gasteiger partial charge in [-0.2, -0.15) is 10.2 Å². The van der Waals surface area contributed by atoms with E-state index in [1.807, 2.05) is 0 Å². The maximum Gasteiger partial charge on any atom is 0.253 e. The van der Waals surface area contributed by atoms with Crippen molar-refractivity contribution >= 4 is 5.91 Å². The van der Waals surface area contributed by atoms with Crippen LogP contribution < -0.4 is 5.32 Å². The normalized spacial score (nSPS) is 23.7. The van der Waals surface area contributed by atoms with E-state index in [1.165, 1.54) is 0 Å². The molecule has 0 unspecified atom stereocenters. The van der Waals surface area contributed by atoms with Gasteiger partial charge in [0, 0.05) is 0 Å². The Kier molecular flexibility index (Phi) is 3.91. The molecule has 1 saturated carbocycles. The Labute approximate surface area is 107 Å². The lowest BCUT2D eigenvalue weighted by atomic mass is 9.92. The van der Waals surface area contributed by atoms with E-state index in [1.54, 1.807) is 19.9 Å². The van der Waals surface area contributed by atoms with Gasteiger partial charge in [-0.1, -0.05) is 12.8 Å². The molecule has 0 bridgehead atoms. The summed E-state index contributed by atoms with van der Waals surface area (Å²) in [6, 6.07) is 1.59. The monoisotopic (exact) mass is 249 g/mol. The molecule has 1 amide bonds. The van der Waals surface area contributed by atoms with Gasteiger partial charge in [-0.15, -0.1) is 0 Å². The Morgan fingerprint density at radius 1 is 1.33 bits per heavy atom. The lowest BCUT2D eigenvalue weighted by Gasteiger charge is -2.28. The van der Waals surface area contributed by atoms with Crippen LogP contribution in [-0.2, 0) is 0 Å². The minimum Gasteiger partial charge on any atom is -0.391 e. The molecule has 1 aliphatic carbocycles. The largest absolute Gasteiger partial charge is 0.391 e. The van der Waals surface area contributed by atoms with Crippen molar-refractivity contribution in [2.45, 2.75) is 51.7 Å². The molecule has 2 rings (SSSR count). The molecule has 1 aliphatic rings. The first kappa shape index (κ1) is 13.0. The van der Waals surface area contributed by atoms with E-state index in [-0.39, 0.29) is 11.9 Å². The van der Waals surface area contributed by atoms with Crippen LogP contribution in [0.25, 0.3) is 0 Å². The van der Waals surface area contributed by atoms with Crippen molar-refractivity contribution in [2.24, 2.45) is 0 Å². The topological polar surface area (TPSA) is 75.1 Å². The van der Waals surface area contributed by atoms with E-state index in [0.717, 1.165) is 31.4 Å². The maximum absolute atomic E-state index is 12.1. The van der Waals surface area contributed by atoms with Crippen molar-refractivity contribution in [3.63, 3.8) is 0 Å². The maximum atomic E-state index is 12.1. The van der Waals surface area contributed by atoms with E-state index in [2.05, 4.69) is 15.5 Å². The smallest absolute Gasteiger partial charge is 0.253 e. The predicted octanol–water partition coefficient (Wildman–Crippen LogP) is 1.13. The minimum atomic E-state index is -0.432. The number of carbonyl (C=O) groups is 1. The molecule has 1 heterocycles. The standard InChI is InChI=1S/C13H19N3O2/c1-8-7-10(9(2)16-15-8)13(18)14-11-5-3-4-6-12(11)17/h7,11-12,17H,3-6H2,1-2H3,(H,14,18)/t11-,12-/m0/s1. The van der Waals surface area contributed by atoms with Crippen molar-refractivity contribution in [1.82, 2.24) is 15.5 Å². The number of rotatable bonds is 2. The van der Waals surface area contributed by atoms with E-state index in [9.17, 15) is 9.90 Å². The molecule has 0 aromatic carbocycles. The van der Waals surface area contributed by atoms with Crippen LogP contribution in [0.3, 0.4) is 0 Å². The number of aliphatic hydroxyl groups is 1. The second-order valence-corrected chi connectivity index (χ2v) is 4.92. The Balaban J connectivity index is 2.09. The number of hydrogen-bond donors (Lipinski definition) is 2. The van der Waals surface area contributed by atoms with Crippen LogP contribution in [0.15, 0.2) is 6.07 Å². The third-order valence-corrected chi connectivity index (χ3v) is 3.39. The first-order valence-corrected chi connectivity index (χ1v) is 6.38. The molecule has 2 atom stereocenters. The summed E-state index contributed by atoms with van der Waals surface area (Å²) in [5.74, 6) is -0.170. The highest BCUT2D eigenvalue weighted by Gasteiger charge is 2.25. The summed E-state index contributed by atoms with van der Waals surface area (Å²) >= 11 is 0. The summed E-state index contributed by atoms with van der Waals surface area (Å²) in [6.07, 6.45) is 3.25. The number of amides is 1. The molecule has 0 aliphatic heterocycles. The average Bonchev–Trinajstić information content (AvgIpc) is 2.35. The van der Waals surface area contributed by atoms with Crippen molar-refractivity contribution < 1.29 is 9.90 Å². The number of carbonyl (C=O) groups excluding carboxylic acids is 1. The fourth-order valence-corrected chi connectivity index (χ4v) is 2.31. The van der Waals surface area contributed by atoms with Crippen LogP contribution in [-0.4, -0.2) is 33.4 Å². The second-order valence-electron chi connectivity index (χ2n) is 4.92. The molecular weight excluding hydrogens is 230 g/mol. The summed E-state index contributed by atoms with van der Waals surface area (Å²) in [5.41, 5.74) is 1.87. The lowest BCUT2D eigenvalue weighted by molar-refractivity contribution is 0.0716. The van der Waals surface area contributed by atoms with Gasteiger partial charge in [0.25, 0.3) is 5.91 Å². The fourth-order valence-electron chi connectivity index (χ4n) is 2.31. The lowest BCUT2D eigenvalue weighted by Crippen LogP contribution is -2.45. The van der Waals surface area contributed by atoms with Gasteiger partial charge in [-0.3, -0.25) is 4.79 Å². The third-order valence-electron chi connectivity index (χ3n) is 3.39. The molecule has 2 N–H and O–H groups in total.